The van der Waals surface area contributed by atoms with E-state index in [-0.39, 0.29) is 21.5 Å². The van der Waals surface area contributed by atoms with E-state index in [1.165, 1.54) is 40.7 Å². The maximum Gasteiger partial charge on any atom is 0.257 e. The van der Waals surface area contributed by atoms with Crippen LogP contribution in [0.25, 0.3) is 11.1 Å². The summed E-state index contributed by atoms with van der Waals surface area (Å²) in [7, 11) is -2.22. The average Bonchev–Trinajstić information content (AvgIpc) is 3.10. The van der Waals surface area contributed by atoms with E-state index in [0.717, 1.165) is 17.5 Å². The molecule has 0 aliphatic heterocycles. The second-order valence-corrected chi connectivity index (χ2v) is 10.3. The minimum Gasteiger partial charge on any atom is -0.322 e. The number of benzene rings is 3. The monoisotopic (exact) mass is 454 g/mol. The van der Waals surface area contributed by atoms with Crippen molar-refractivity contribution >= 4 is 33.2 Å². The summed E-state index contributed by atoms with van der Waals surface area (Å²) < 4.78 is 26.9. The van der Waals surface area contributed by atoms with Gasteiger partial charge in [-0.1, -0.05) is 41.9 Å². The topological polar surface area (TPSA) is 66.5 Å². The van der Waals surface area contributed by atoms with Gasteiger partial charge in [-0.2, -0.15) is 4.31 Å². The fraction of sp³-hybridized carbons (Fsp3) is 0.208. The van der Waals surface area contributed by atoms with E-state index in [1.54, 1.807) is 13.8 Å². The van der Waals surface area contributed by atoms with E-state index in [4.69, 9.17) is 11.6 Å². The second-order valence-electron chi connectivity index (χ2n) is 7.92. The van der Waals surface area contributed by atoms with Gasteiger partial charge in [0.1, 0.15) is 0 Å². The number of anilines is 1. The third-order valence-corrected chi connectivity index (χ3v) is 8.00. The van der Waals surface area contributed by atoms with Gasteiger partial charge in [0, 0.05) is 18.8 Å². The van der Waals surface area contributed by atoms with Crippen LogP contribution >= 0.6 is 11.6 Å². The third-order valence-electron chi connectivity index (χ3n) is 5.64. The molecule has 7 heteroatoms. The Balaban J connectivity index is 1.61. The Hall–Kier alpha value is -2.67. The first-order chi connectivity index (χ1) is 14.7. The first kappa shape index (κ1) is 21.6. The van der Waals surface area contributed by atoms with E-state index in [9.17, 15) is 13.2 Å². The Morgan fingerprint density at radius 1 is 1.00 bits per heavy atom. The van der Waals surface area contributed by atoms with Crippen molar-refractivity contribution in [2.24, 2.45) is 0 Å². The molecule has 0 atom stereocenters. The third kappa shape index (κ3) is 3.99. The van der Waals surface area contributed by atoms with Crippen LogP contribution in [-0.4, -0.2) is 31.7 Å². The van der Waals surface area contributed by atoms with Crippen molar-refractivity contribution in [3.05, 3.63) is 82.4 Å². The van der Waals surface area contributed by atoms with Crippen LogP contribution < -0.4 is 5.32 Å². The van der Waals surface area contributed by atoms with Gasteiger partial charge in [0.2, 0.25) is 10.0 Å². The number of rotatable bonds is 5. The Kier molecular flexibility index (Phi) is 5.64. The fourth-order valence-electron chi connectivity index (χ4n) is 3.70. The molecule has 5 nitrogen and oxygen atoms in total. The lowest BCUT2D eigenvalue weighted by Crippen LogP contribution is -2.33. The van der Waals surface area contributed by atoms with Gasteiger partial charge in [-0.25, -0.2) is 8.42 Å². The van der Waals surface area contributed by atoms with Crippen LogP contribution in [0, 0.1) is 0 Å². The quantitative estimate of drug-likeness (QED) is 0.451. The van der Waals surface area contributed by atoms with E-state index in [0.29, 0.717) is 5.69 Å². The number of halogens is 1. The van der Waals surface area contributed by atoms with Gasteiger partial charge < -0.3 is 5.32 Å². The van der Waals surface area contributed by atoms with Crippen LogP contribution in [0.2, 0.25) is 5.02 Å². The van der Waals surface area contributed by atoms with Crippen LogP contribution in [0.15, 0.2) is 65.6 Å². The van der Waals surface area contributed by atoms with E-state index >= 15 is 0 Å². The van der Waals surface area contributed by atoms with Crippen molar-refractivity contribution in [3.8, 4) is 11.1 Å². The molecule has 0 radical (unpaired) electrons. The van der Waals surface area contributed by atoms with Crippen molar-refractivity contribution in [2.75, 3.05) is 12.4 Å². The molecule has 3 aromatic rings. The van der Waals surface area contributed by atoms with Gasteiger partial charge >= 0.3 is 0 Å². The Labute approximate surface area is 187 Å². The molecule has 0 heterocycles. The van der Waals surface area contributed by atoms with Crippen LogP contribution in [0.4, 0.5) is 5.69 Å². The molecule has 3 aromatic carbocycles. The molecule has 1 aliphatic carbocycles. The van der Waals surface area contributed by atoms with Crippen LogP contribution in [-0.2, 0) is 16.4 Å². The molecular weight excluding hydrogens is 432 g/mol. The highest BCUT2D eigenvalue weighted by molar-refractivity contribution is 7.89. The summed E-state index contributed by atoms with van der Waals surface area (Å²) in [5.41, 5.74) is 5.53. The molecule has 1 aliphatic rings. The lowest BCUT2D eigenvalue weighted by Gasteiger charge is -2.21. The molecule has 160 valence electrons. The van der Waals surface area contributed by atoms with Crippen LogP contribution in [0.3, 0.4) is 0 Å². The van der Waals surface area contributed by atoms with Crippen molar-refractivity contribution in [1.29, 1.82) is 0 Å². The largest absolute Gasteiger partial charge is 0.322 e. The van der Waals surface area contributed by atoms with E-state index in [2.05, 4.69) is 17.4 Å². The molecule has 1 N–H and O–H groups in total. The Bertz CT molecular complexity index is 1290. The summed E-state index contributed by atoms with van der Waals surface area (Å²) in [6, 6.07) is 18.0. The lowest BCUT2D eigenvalue weighted by atomic mass is 10.1. The molecule has 0 fully saturated rings. The minimum absolute atomic E-state index is 0.0302. The normalized spacial score (nSPS) is 12.7. The SMILES string of the molecule is CC(C)N(C)S(=O)(=O)c1ccc(Cl)c(C(=O)Nc2ccc3c(c2)Cc2ccccc2-3)c1. The molecule has 0 spiro atoms. The zero-order chi connectivity index (χ0) is 22.3. The molecular formula is C24H23ClN2O3S. The van der Waals surface area contributed by atoms with Crippen LogP contribution in [0.1, 0.15) is 35.3 Å². The highest BCUT2D eigenvalue weighted by Crippen LogP contribution is 2.37. The molecule has 0 bridgehead atoms. The van der Waals surface area contributed by atoms with Gasteiger partial charge in [-0.15, -0.1) is 0 Å². The van der Waals surface area contributed by atoms with E-state index in [1.807, 2.05) is 30.3 Å². The first-order valence-corrected chi connectivity index (χ1v) is 11.8. The lowest BCUT2D eigenvalue weighted by molar-refractivity contribution is 0.102. The maximum atomic E-state index is 12.9. The number of carbonyl (C=O) groups is 1. The van der Waals surface area contributed by atoms with Crippen LogP contribution in [0.5, 0.6) is 0 Å². The zero-order valence-electron chi connectivity index (χ0n) is 17.5. The predicted molar refractivity (Wildman–Crippen MR) is 124 cm³/mol. The summed E-state index contributed by atoms with van der Waals surface area (Å²) in [5.74, 6) is -0.454. The number of fused-ring (bicyclic) bond motifs is 3. The average molecular weight is 455 g/mol. The number of sulfonamides is 1. The maximum absolute atomic E-state index is 12.9. The van der Waals surface area contributed by atoms with Gasteiger partial charge in [0.15, 0.2) is 0 Å². The molecule has 0 saturated carbocycles. The second kappa shape index (κ2) is 8.11. The standard InChI is InChI=1S/C24H23ClN2O3S/c1-15(2)27(3)31(29,30)19-9-11-23(25)22(14-19)24(28)26-18-8-10-21-17(13-18)12-16-6-4-5-7-20(16)21/h4-11,13-15H,12H2,1-3H3,(H,26,28). The molecule has 0 saturated heterocycles. The summed E-state index contributed by atoms with van der Waals surface area (Å²) in [4.78, 5) is 13.0. The Morgan fingerprint density at radius 3 is 2.45 bits per heavy atom. The Morgan fingerprint density at radius 2 is 1.71 bits per heavy atom. The van der Waals surface area contributed by atoms with Gasteiger partial charge in [-0.3, -0.25) is 4.79 Å². The molecule has 1 amide bonds. The fourth-order valence-corrected chi connectivity index (χ4v) is 5.30. The first-order valence-electron chi connectivity index (χ1n) is 9.98. The molecule has 31 heavy (non-hydrogen) atoms. The van der Waals surface area contributed by atoms with Crippen molar-refractivity contribution in [1.82, 2.24) is 4.31 Å². The molecule has 0 unspecified atom stereocenters. The van der Waals surface area contributed by atoms with Crippen molar-refractivity contribution in [3.63, 3.8) is 0 Å². The highest BCUT2D eigenvalue weighted by Gasteiger charge is 2.25. The van der Waals surface area contributed by atoms with Crippen molar-refractivity contribution < 1.29 is 13.2 Å². The zero-order valence-corrected chi connectivity index (χ0v) is 19.1. The summed E-state index contributed by atoms with van der Waals surface area (Å²) in [6.45, 7) is 3.57. The number of nitrogens with zero attached hydrogens (tertiary/aromatic N) is 1. The molecule has 0 aromatic heterocycles. The smallest absolute Gasteiger partial charge is 0.257 e. The van der Waals surface area contributed by atoms with Gasteiger partial charge in [-0.05, 0) is 72.9 Å². The summed E-state index contributed by atoms with van der Waals surface area (Å²) in [6.07, 6.45) is 0.811. The predicted octanol–water partition coefficient (Wildman–Crippen LogP) is 5.19. The summed E-state index contributed by atoms with van der Waals surface area (Å²) in [5, 5.41) is 3.05. The number of amides is 1. The summed E-state index contributed by atoms with van der Waals surface area (Å²) >= 11 is 6.23. The van der Waals surface area contributed by atoms with E-state index < -0.39 is 15.9 Å². The number of hydrogen-bond acceptors (Lipinski definition) is 3. The van der Waals surface area contributed by atoms with Gasteiger partial charge in [0.25, 0.3) is 5.91 Å². The number of hydrogen-bond donors (Lipinski definition) is 1. The minimum atomic E-state index is -3.73. The highest BCUT2D eigenvalue weighted by atomic mass is 35.5. The number of nitrogens with one attached hydrogen (secondary N) is 1. The number of carbonyl (C=O) groups excluding carboxylic acids is 1. The van der Waals surface area contributed by atoms with Crippen molar-refractivity contribution in [2.45, 2.75) is 31.2 Å². The van der Waals surface area contributed by atoms with Gasteiger partial charge in [0.05, 0.1) is 15.5 Å². The molecule has 4 rings (SSSR count).